The fourth-order valence-corrected chi connectivity index (χ4v) is 1.62. The fourth-order valence-electron chi connectivity index (χ4n) is 1.62. The number of hydrogen-bond donors (Lipinski definition) is 3. The lowest BCUT2D eigenvalue weighted by Crippen LogP contribution is -2.42. The van der Waals surface area contributed by atoms with Crippen LogP contribution in [-0.4, -0.2) is 39.0 Å². The van der Waals surface area contributed by atoms with Gasteiger partial charge in [-0.1, -0.05) is 0 Å². The normalized spacial score (nSPS) is 11.5. The molecule has 0 aromatic heterocycles. The number of carbonyl (C=O) groups excluding carboxylic acids is 1. The third-order valence-corrected chi connectivity index (χ3v) is 2.64. The molecule has 1 atom stereocenters. The molecule has 1 rings (SSSR count). The Labute approximate surface area is 118 Å². The summed E-state index contributed by atoms with van der Waals surface area (Å²) in [6.07, 6.45) is -0.771. The molecule has 1 aromatic carbocycles. The summed E-state index contributed by atoms with van der Waals surface area (Å²) in [5.41, 5.74) is 0.0689. The van der Waals surface area contributed by atoms with Gasteiger partial charge in [0, 0.05) is 17.2 Å². The van der Waals surface area contributed by atoms with Crippen molar-refractivity contribution in [2.75, 3.05) is 0 Å². The molecule has 112 valence electrons. The summed E-state index contributed by atoms with van der Waals surface area (Å²) in [5, 5.41) is 30.1. The van der Waals surface area contributed by atoms with E-state index in [0.29, 0.717) is 0 Å². The molecule has 3 N–H and O–H groups in total. The number of carboxylic acids is 2. The standard InChI is InChI=1S/C12H12N2O7/c1-6-4-7(2-3-9(6)14(20)21)11(17)13-8(12(18)19)5-10(15)16/h2-4,8H,5H2,1H3,(H,13,17)(H,15,16)(H,18,19). The smallest absolute Gasteiger partial charge is 0.326 e. The number of nitrogens with zero attached hydrogens (tertiary/aromatic N) is 1. The van der Waals surface area contributed by atoms with Gasteiger partial charge >= 0.3 is 11.9 Å². The Kier molecular flexibility index (Phi) is 4.95. The number of rotatable bonds is 6. The monoisotopic (exact) mass is 296 g/mol. The molecule has 9 nitrogen and oxygen atoms in total. The molecule has 0 saturated carbocycles. The van der Waals surface area contributed by atoms with Crippen molar-refractivity contribution < 1.29 is 29.5 Å². The number of nitro groups is 1. The van der Waals surface area contributed by atoms with Crippen molar-refractivity contribution in [1.82, 2.24) is 5.32 Å². The van der Waals surface area contributed by atoms with Gasteiger partial charge < -0.3 is 15.5 Å². The third-order valence-electron chi connectivity index (χ3n) is 2.64. The van der Waals surface area contributed by atoms with E-state index < -0.39 is 35.2 Å². The first kappa shape index (κ1) is 16.1. The van der Waals surface area contributed by atoms with E-state index in [2.05, 4.69) is 5.32 Å². The van der Waals surface area contributed by atoms with Crippen LogP contribution in [0, 0.1) is 17.0 Å². The van der Waals surface area contributed by atoms with E-state index in [1.54, 1.807) is 0 Å². The van der Waals surface area contributed by atoms with Gasteiger partial charge in [0.1, 0.15) is 6.04 Å². The van der Waals surface area contributed by atoms with Crippen LogP contribution in [0.5, 0.6) is 0 Å². The van der Waals surface area contributed by atoms with Gasteiger partial charge in [-0.15, -0.1) is 0 Å². The Morgan fingerprint density at radius 2 is 1.95 bits per heavy atom. The van der Waals surface area contributed by atoms with Gasteiger partial charge in [0.25, 0.3) is 11.6 Å². The topological polar surface area (TPSA) is 147 Å². The van der Waals surface area contributed by atoms with E-state index >= 15 is 0 Å². The number of benzene rings is 1. The Balaban J connectivity index is 2.93. The Morgan fingerprint density at radius 1 is 1.33 bits per heavy atom. The van der Waals surface area contributed by atoms with Gasteiger partial charge in [0.2, 0.25) is 0 Å². The summed E-state index contributed by atoms with van der Waals surface area (Å²) in [4.78, 5) is 43.2. The quantitative estimate of drug-likeness (QED) is 0.513. The molecular weight excluding hydrogens is 284 g/mol. The molecule has 0 heterocycles. The molecule has 0 bridgehead atoms. The minimum atomic E-state index is -1.58. The van der Waals surface area contributed by atoms with Gasteiger partial charge in [-0.3, -0.25) is 19.7 Å². The van der Waals surface area contributed by atoms with E-state index in [0.717, 1.165) is 6.07 Å². The molecular formula is C12H12N2O7. The van der Waals surface area contributed by atoms with E-state index in [-0.39, 0.29) is 16.8 Å². The van der Waals surface area contributed by atoms with Crippen LogP contribution in [0.15, 0.2) is 18.2 Å². The van der Waals surface area contributed by atoms with E-state index in [1.165, 1.54) is 19.1 Å². The molecule has 0 spiro atoms. The Bertz CT molecular complexity index is 612. The second-order valence-electron chi connectivity index (χ2n) is 4.22. The van der Waals surface area contributed by atoms with Crippen LogP contribution in [0.25, 0.3) is 0 Å². The van der Waals surface area contributed by atoms with Gasteiger partial charge in [0.15, 0.2) is 0 Å². The molecule has 1 amide bonds. The predicted molar refractivity (Wildman–Crippen MR) is 69.0 cm³/mol. The maximum absolute atomic E-state index is 11.8. The van der Waals surface area contributed by atoms with Crippen molar-refractivity contribution in [1.29, 1.82) is 0 Å². The Hall–Kier alpha value is -2.97. The molecule has 0 aliphatic heterocycles. The highest BCUT2D eigenvalue weighted by molar-refractivity contribution is 5.97. The number of carboxylic acid groups (broad SMARTS) is 2. The zero-order chi connectivity index (χ0) is 16.2. The van der Waals surface area contributed by atoms with Crippen LogP contribution >= 0.6 is 0 Å². The first-order chi connectivity index (χ1) is 9.72. The van der Waals surface area contributed by atoms with Gasteiger partial charge in [-0.25, -0.2) is 4.79 Å². The predicted octanol–water partition coefficient (Wildman–Crippen LogP) is 0.561. The number of aryl methyl sites for hydroxylation is 1. The summed E-state index contributed by atoms with van der Waals surface area (Å²) in [5.74, 6) is -3.67. The van der Waals surface area contributed by atoms with Crippen molar-refractivity contribution in [3.63, 3.8) is 0 Å². The maximum Gasteiger partial charge on any atom is 0.326 e. The number of carbonyl (C=O) groups is 3. The number of nitrogens with one attached hydrogen (secondary N) is 1. The van der Waals surface area contributed by atoms with E-state index in [4.69, 9.17) is 10.2 Å². The summed E-state index contributed by atoms with van der Waals surface area (Å²) in [6.45, 7) is 1.43. The van der Waals surface area contributed by atoms with Crippen molar-refractivity contribution in [2.45, 2.75) is 19.4 Å². The maximum atomic E-state index is 11.8. The number of amides is 1. The lowest BCUT2D eigenvalue weighted by Gasteiger charge is -2.12. The van der Waals surface area contributed by atoms with Crippen molar-refractivity contribution >= 4 is 23.5 Å². The molecule has 0 aliphatic rings. The summed E-state index contributed by atoms with van der Waals surface area (Å²) in [6, 6.07) is 1.94. The molecule has 0 fully saturated rings. The fraction of sp³-hybridized carbons (Fsp3) is 0.250. The largest absolute Gasteiger partial charge is 0.481 e. The molecule has 21 heavy (non-hydrogen) atoms. The third kappa shape index (κ3) is 4.27. The van der Waals surface area contributed by atoms with Gasteiger partial charge in [-0.05, 0) is 19.1 Å². The summed E-state index contributed by atoms with van der Waals surface area (Å²) in [7, 11) is 0. The highest BCUT2D eigenvalue weighted by atomic mass is 16.6. The van der Waals surface area contributed by atoms with Gasteiger partial charge in [0.05, 0.1) is 11.3 Å². The molecule has 9 heteroatoms. The van der Waals surface area contributed by atoms with Crippen LogP contribution in [-0.2, 0) is 9.59 Å². The molecule has 0 aliphatic carbocycles. The molecule has 1 aromatic rings. The van der Waals surface area contributed by atoms with Crippen molar-refractivity contribution in [2.24, 2.45) is 0 Å². The molecule has 0 radical (unpaired) electrons. The van der Waals surface area contributed by atoms with Crippen LogP contribution in [0.2, 0.25) is 0 Å². The minimum absolute atomic E-state index is 0.00902. The Morgan fingerprint density at radius 3 is 2.38 bits per heavy atom. The zero-order valence-electron chi connectivity index (χ0n) is 10.9. The van der Waals surface area contributed by atoms with Crippen molar-refractivity contribution in [3.8, 4) is 0 Å². The summed E-state index contributed by atoms with van der Waals surface area (Å²) >= 11 is 0. The van der Waals surface area contributed by atoms with E-state index in [9.17, 15) is 24.5 Å². The molecule has 1 unspecified atom stereocenters. The average molecular weight is 296 g/mol. The number of nitro benzene ring substituents is 1. The van der Waals surface area contributed by atoms with Crippen LogP contribution in [0.4, 0.5) is 5.69 Å². The first-order valence-corrected chi connectivity index (χ1v) is 5.73. The summed E-state index contributed by atoms with van der Waals surface area (Å²) < 4.78 is 0. The molecule has 0 saturated heterocycles. The van der Waals surface area contributed by atoms with Crippen LogP contribution in [0.3, 0.4) is 0 Å². The van der Waals surface area contributed by atoms with Crippen LogP contribution in [0.1, 0.15) is 22.3 Å². The number of aliphatic carboxylic acids is 2. The zero-order valence-corrected chi connectivity index (χ0v) is 10.9. The SMILES string of the molecule is Cc1cc(C(=O)NC(CC(=O)O)C(=O)O)ccc1[N+](=O)[O-]. The highest BCUT2D eigenvalue weighted by Gasteiger charge is 2.24. The first-order valence-electron chi connectivity index (χ1n) is 5.73. The lowest BCUT2D eigenvalue weighted by molar-refractivity contribution is -0.385. The number of hydrogen-bond acceptors (Lipinski definition) is 5. The second-order valence-corrected chi connectivity index (χ2v) is 4.22. The highest BCUT2D eigenvalue weighted by Crippen LogP contribution is 2.18. The van der Waals surface area contributed by atoms with Gasteiger partial charge in [-0.2, -0.15) is 0 Å². The minimum Gasteiger partial charge on any atom is -0.481 e. The lowest BCUT2D eigenvalue weighted by atomic mass is 10.1. The average Bonchev–Trinajstić information content (AvgIpc) is 2.36. The van der Waals surface area contributed by atoms with Crippen LogP contribution < -0.4 is 5.32 Å². The van der Waals surface area contributed by atoms with Crippen molar-refractivity contribution in [3.05, 3.63) is 39.4 Å². The van der Waals surface area contributed by atoms with E-state index in [1.807, 2.05) is 0 Å². The second kappa shape index (κ2) is 6.46.